The Balaban J connectivity index is 2.54. The molecule has 136 valence electrons. The maximum Gasteiger partial charge on any atom is 0.422 e. The molecular weight excluding hydrogens is 323 g/mol. The van der Waals surface area contributed by atoms with E-state index in [1.807, 2.05) is 13.8 Å². The highest BCUT2D eigenvalue weighted by Crippen LogP contribution is 2.19. The van der Waals surface area contributed by atoms with Gasteiger partial charge in [-0.1, -0.05) is 12.1 Å². The molecule has 1 aromatic rings. The first-order valence-electron chi connectivity index (χ1n) is 7.43. The number of guanidine groups is 1. The summed E-state index contributed by atoms with van der Waals surface area (Å²) in [7, 11) is 3.27. The average Bonchev–Trinajstić information content (AvgIpc) is 2.53. The molecule has 0 spiro atoms. The zero-order valence-electron chi connectivity index (χ0n) is 14.3. The molecule has 0 saturated carbocycles. The molecule has 0 saturated heterocycles. The van der Waals surface area contributed by atoms with Crippen LogP contribution in [-0.2, 0) is 11.3 Å². The van der Waals surface area contributed by atoms with E-state index < -0.39 is 12.8 Å². The molecule has 0 fully saturated rings. The van der Waals surface area contributed by atoms with E-state index in [2.05, 4.69) is 15.6 Å². The summed E-state index contributed by atoms with van der Waals surface area (Å²) in [5, 5.41) is 6.21. The first-order chi connectivity index (χ1) is 11.1. The molecule has 0 amide bonds. The summed E-state index contributed by atoms with van der Waals surface area (Å²) in [6.45, 7) is 3.52. The molecule has 0 bridgehead atoms. The molecule has 1 rings (SSSR count). The summed E-state index contributed by atoms with van der Waals surface area (Å²) in [5.41, 5.74) is 0.437. The van der Waals surface area contributed by atoms with E-state index in [1.54, 1.807) is 32.4 Å². The largest absolute Gasteiger partial charge is 0.484 e. The Hall–Kier alpha value is -1.96. The van der Waals surface area contributed by atoms with Gasteiger partial charge in [0.25, 0.3) is 0 Å². The summed E-state index contributed by atoms with van der Waals surface area (Å²) in [6.07, 6.45) is -4.35. The maximum atomic E-state index is 12.2. The van der Waals surface area contributed by atoms with Gasteiger partial charge in [0.05, 0.1) is 5.60 Å². The minimum Gasteiger partial charge on any atom is -0.484 e. The quantitative estimate of drug-likeness (QED) is 0.588. The summed E-state index contributed by atoms with van der Waals surface area (Å²) in [5.74, 6) is 0.747. The van der Waals surface area contributed by atoms with E-state index in [0.717, 1.165) is 5.56 Å². The standard InChI is InChI=1S/C16H24F3N3O2/c1-15(2,23-4)10-22-14(20-3)21-9-12-6-5-7-13(8-12)24-11-16(17,18)19/h5-8H,9-11H2,1-4H3,(H2,20,21,22). The van der Waals surface area contributed by atoms with Gasteiger partial charge in [-0.05, 0) is 31.5 Å². The Morgan fingerprint density at radius 1 is 1.21 bits per heavy atom. The molecule has 0 heterocycles. The Bertz CT molecular complexity index is 546. The van der Waals surface area contributed by atoms with Gasteiger partial charge in [0, 0.05) is 27.2 Å². The molecule has 8 heteroatoms. The SMILES string of the molecule is CN=C(NCc1cccc(OCC(F)(F)F)c1)NCC(C)(C)OC. The van der Waals surface area contributed by atoms with Crippen molar-refractivity contribution >= 4 is 5.96 Å². The van der Waals surface area contributed by atoms with Crippen molar-refractivity contribution in [2.45, 2.75) is 32.2 Å². The molecule has 0 aromatic heterocycles. The molecule has 0 aliphatic carbocycles. The Morgan fingerprint density at radius 3 is 2.50 bits per heavy atom. The van der Waals surface area contributed by atoms with Crippen molar-refractivity contribution in [2.24, 2.45) is 4.99 Å². The molecule has 5 nitrogen and oxygen atoms in total. The van der Waals surface area contributed by atoms with Crippen LogP contribution in [0.4, 0.5) is 13.2 Å². The van der Waals surface area contributed by atoms with Gasteiger partial charge in [0.1, 0.15) is 5.75 Å². The number of nitrogens with one attached hydrogen (secondary N) is 2. The number of rotatable bonds is 7. The van der Waals surface area contributed by atoms with Crippen LogP contribution in [0, 0.1) is 0 Å². The van der Waals surface area contributed by atoms with Crippen molar-refractivity contribution in [1.29, 1.82) is 0 Å². The Kier molecular flexibility index (Phi) is 7.34. The minimum absolute atomic E-state index is 0.176. The van der Waals surface area contributed by atoms with Crippen molar-refractivity contribution in [3.63, 3.8) is 0 Å². The first kappa shape index (κ1) is 20.1. The number of ether oxygens (including phenoxy) is 2. The number of nitrogens with zero attached hydrogens (tertiary/aromatic N) is 1. The first-order valence-corrected chi connectivity index (χ1v) is 7.43. The summed E-state index contributed by atoms with van der Waals surface area (Å²) in [6, 6.07) is 6.49. The van der Waals surface area contributed by atoms with E-state index >= 15 is 0 Å². The van der Waals surface area contributed by atoms with Crippen LogP contribution in [-0.4, -0.2) is 45.0 Å². The van der Waals surface area contributed by atoms with Crippen LogP contribution in [0.1, 0.15) is 19.4 Å². The number of methoxy groups -OCH3 is 1. The van der Waals surface area contributed by atoms with E-state index in [-0.39, 0.29) is 11.4 Å². The molecule has 2 N–H and O–H groups in total. The smallest absolute Gasteiger partial charge is 0.422 e. The number of alkyl halides is 3. The van der Waals surface area contributed by atoms with Crippen molar-refractivity contribution < 1.29 is 22.6 Å². The molecule has 24 heavy (non-hydrogen) atoms. The number of aliphatic imine (C=N–C) groups is 1. The van der Waals surface area contributed by atoms with Crippen molar-refractivity contribution in [1.82, 2.24) is 10.6 Å². The van der Waals surface area contributed by atoms with E-state index in [4.69, 9.17) is 9.47 Å². The molecule has 0 radical (unpaired) electrons. The molecule has 1 aromatic carbocycles. The van der Waals surface area contributed by atoms with Gasteiger partial charge in [0.2, 0.25) is 0 Å². The average molecular weight is 347 g/mol. The molecule has 0 unspecified atom stereocenters. The number of halogens is 3. The van der Waals surface area contributed by atoms with Gasteiger partial charge in [0.15, 0.2) is 12.6 Å². The third-order valence-corrected chi connectivity index (χ3v) is 3.22. The monoisotopic (exact) mass is 347 g/mol. The highest BCUT2D eigenvalue weighted by Gasteiger charge is 2.28. The Labute approximate surface area is 140 Å². The number of hydrogen-bond donors (Lipinski definition) is 2. The van der Waals surface area contributed by atoms with Gasteiger partial charge in [-0.15, -0.1) is 0 Å². The van der Waals surface area contributed by atoms with Gasteiger partial charge in [-0.25, -0.2) is 0 Å². The van der Waals surface area contributed by atoms with Crippen molar-refractivity contribution in [3.8, 4) is 5.75 Å². The lowest BCUT2D eigenvalue weighted by Gasteiger charge is -2.24. The van der Waals surface area contributed by atoms with Crippen LogP contribution in [0.2, 0.25) is 0 Å². The fourth-order valence-corrected chi connectivity index (χ4v) is 1.69. The second kappa shape index (κ2) is 8.77. The fourth-order valence-electron chi connectivity index (χ4n) is 1.69. The second-order valence-corrected chi connectivity index (χ2v) is 5.79. The van der Waals surface area contributed by atoms with Crippen LogP contribution in [0.15, 0.2) is 29.3 Å². The van der Waals surface area contributed by atoms with E-state index in [1.165, 1.54) is 6.07 Å². The topological polar surface area (TPSA) is 54.9 Å². The maximum absolute atomic E-state index is 12.2. The normalized spacial score (nSPS) is 12.9. The molecule has 0 aliphatic rings. The molecular formula is C16H24F3N3O2. The van der Waals surface area contributed by atoms with Crippen LogP contribution in [0.3, 0.4) is 0 Å². The Morgan fingerprint density at radius 2 is 1.92 bits per heavy atom. The van der Waals surface area contributed by atoms with E-state index in [0.29, 0.717) is 19.0 Å². The zero-order valence-corrected chi connectivity index (χ0v) is 14.3. The lowest BCUT2D eigenvalue weighted by atomic mass is 10.1. The lowest BCUT2D eigenvalue weighted by Crippen LogP contribution is -2.45. The van der Waals surface area contributed by atoms with Crippen LogP contribution in [0.25, 0.3) is 0 Å². The third-order valence-electron chi connectivity index (χ3n) is 3.22. The molecule has 0 atom stereocenters. The van der Waals surface area contributed by atoms with Gasteiger partial charge < -0.3 is 20.1 Å². The summed E-state index contributed by atoms with van der Waals surface area (Å²) < 4.78 is 46.6. The highest BCUT2D eigenvalue weighted by atomic mass is 19.4. The predicted octanol–water partition coefficient (Wildman–Crippen LogP) is 2.72. The molecule has 0 aliphatic heterocycles. The fraction of sp³-hybridized carbons (Fsp3) is 0.562. The number of hydrogen-bond acceptors (Lipinski definition) is 3. The van der Waals surface area contributed by atoms with Gasteiger partial charge in [-0.3, -0.25) is 4.99 Å². The van der Waals surface area contributed by atoms with Crippen LogP contribution >= 0.6 is 0 Å². The third kappa shape index (κ3) is 8.05. The summed E-state index contributed by atoms with van der Waals surface area (Å²) in [4.78, 5) is 4.09. The lowest BCUT2D eigenvalue weighted by molar-refractivity contribution is -0.153. The summed E-state index contributed by atoms with van der Waals surface area (Å²) >= 11 is 0. The zero-order chi connectivity index (χ0) is 18.2. The van der Waals surface area contributed by atoms with Crippen LogP contribution < -0.4 is 15.4 Å². The van der Waals surface area contributed by atoms with Crippen molar-refractivity contribution in [3.05, 3.63) is 29.8 Å². The predicted molar refractivity (Wildman–Crippen MR) is 87.3 cm³/mol. The number of benzene rings is 1. The highest BCUT2D eigenvalue weighted by molar-refractivity contribution is 5.79. The second-order valence-electron chi connectivity index (χ2n) is 5.79. The van der Waals surface area contributed by atoms with Gasteiger partial charge >= 0.3 is 6.18 Å². The van der Waals surface area contributed by atoms with Crippen molar-refractivity contribution in [2.75, 3.05) is 27.3 Å². The van der Waals surface area contributed by atoms with Gasteiger partial charge in [-0.2, -0.15) is 13.2 Å². The van der Waals surface area contributed by atoms with Crippen LogP contribution in [0.5, 0.6) is 5.75 Å². The minimum atomic E-state index is -4.35. The van der Waals surface area contributed by atoms with E-state index in [9.17, 15) is 13.2 Å².